The second-order valence-electron chi connectivity index (χ2n) is 6.27. The van der Waals surface area contributed by atoms with E-state index >= 15 is 0 Å². The van der Waals surface area contributed by atoms with Crippen LogP contribution < -0.4 is 0 Å². The molecule has 0 heterocycles. The van der Waals surface area contributed by atoms with Crippen LogP contribution in [-0.4, -0.2) is 24.6 Å². The lowest BCUT2D eigenvalue weighted by Gasteiger charge is -2.27. The third kappa shape index (κ3) is 6.96. The molecule has 122 valence electrons. The van der Waals surface area contributed by atoms with Crippen LogP contribution in [0.2, 0.25) is 0 Å². The van der Waals surface area contributed by atoms with Gasteiger partial charge in [0.25, 0.3) is 0 Å². The minimum atomic E-state index is -0.162. The highest BCUT2D eigenvalue weighted by atomic mass is 16.5. The van der Waals surface area contributed by atoms with Crippen molar-refractivity contribution in [3.8, 4) is 0 Å². The Bertz CT molecular complexity index is 325. The second-order valence-corrected chi connectivity index (χ2v) is 6.27. The van der Waals surface area contributed by atoms with Crippen molar-refractivity contribution < 1.29 is 19.1 Å². The van der Waals surface area contributed by atoms with E-state index in [1.807, 2.05) is 13.8 Å². The van der Waals surface area contributed by atoms with Gasteiger partial charge in [-0.25, -0.2) is 0 Å². The van der Waals surface area contributed by atoms with Crippen LogP contribution in [0.3, 0.4) is 0 Å². The molecule has 0 spiro atoms. The highest BCUT2D eigenvalue weighted by molar-refractivity contribution is 5.76. The van der Waals surface area contributed by atoms with E-state index in [9.17, 15) is 9.59 Å². The van der Waals surface area contributed by atoms with Gasteiger partial charge in [0.05, 0.1) is 24.5 Å². The molecule has 1 rings (SSSR count). The lowest BCUT2D eigenvalue weighted by molar-refractivity contribution is -0.157. The predicted octanol–water partition coefficient (Wildman–Crippen LogP) is 3.87. The number of unbranched alkanes of at least 4 members (excludes halogenated alkanes) is 3. The van der Waals surface area contributed by atoms with Gasteiger partial charge in [-0.05, 0) is 39.5 Å². The Balaban J connectivity index is 2.31. The summed E-state index contributed by atoms with van der Waals surface area (Å²) >= 11 is 0. The molecule has 0 bridgehead atoms. The maximum Gasteiger partial charge on any atom is 0.309 e. The summed E-state index contributed by atoms with van der Waals surface area (Å²) in [5.74, 6) is -0.563. The van der Waals surface area contributed by atoms with Crippen molar-refractivity contribution >= 4 is 11.9 Å². The zero-order valence-corrected chi connectivity index (χ0v) is 13.7. The molecule has 0 aromatic carbocycles. The lowest BCUT2D eigenvalue weighted by Crippen LogP contribution is -2.30. The van der Waals surface area contributed by atoms with Crippen molar-refractivity contribution in [2.75, 3.05) is 6.61 Å². The third-order valence-electron chi connectivity index (χ3n) is 3.93. The Morgan fingerprint density at radius 2 is 1.71 bits per heavy atom. The van der Waals surface area contributed by atoms with Gasteiger partial charge in [0.15, 0.2) is 0 Å². The third-order valence-corrected chi connectivity index (χ3v) is 3.93. The lowest BCUT2D eigenvalue weighted by atomic mass is 9.81. The van der Waals surface area contributed by atoms with E-state index in [2.05, 4.69) is 6.92 Å². The predicted molar refractivity (Wildman–Crippen MR) is 81.8 cm³/mol. The van der Waals surface area contributed by atoms with Crippen LogP contribution in [0, 0.1) is 11.8 Å². The molecule has 0 aromatic heterocycles. The van der Waals surface area contributed by atoms with Gasteiger partial charge >= 0.3 is 11.9 Å². The quantitative estimate of drug-likeness (QED) is 0.504. The number of rotatable bonds is 8. The molecule has 1 fully saturated rings. The van der Waals surface area contributed by atoms with Crippen LogP contribution >= 0.6 is 0 Å². The Morgan fingerprint density at radius 3 is 2.33 bits per heavy atom. The van der Waals surface area contributed by atoms with E-state index < -0.39 is 0 Å². The maximum absolute atomic E-state index is 12.0. The standard InChI is InChI=1S/C17H30O4/c1-4-5-6-7-11-20-16(18)14-9-8-10-15(12-14)17(19)21-13(2)3/h13-15H,4-12H2,1-3H3. The molecule has 21 heavy (non-hydrogen) atoms. The summed E-state index contributed by atoms with van der Waals surface area (Å²) in [5.41, 5.74) is 0. The summed E-state index contributed by atoms with van der Waals surface area (Å²) in [5, 5.41) is 0. The van der Waals surface area contributed by atoms with E-state index in [0.29, 0.717) is 13.0 Å². The van der Waals surface area contributed by atoms with Gasteiger partial charge in [-0.3, -0.25) is 9.59 Å². The van der Waals surface area contributed by atoms with Crippen LogP contribution in [0.5, 0.6) is 0 Å². The molecule has 2 atom stereocenters. The fraction of sp³-hybridized carbons (Fsp3) is 0.882. The number of hydrogen-bond acceptors (Lipinski definition) is 4. The fourth-order valence-corrected chi connectivity index (χ4v) is 2.77. The van der Waals surface area contributed by atoms with Crippen LogP contribution in [0.15, 0.2) is 0 Å². The first-order valence-corrected chi connectivity index (χ1v) is 8.41. The summed E-state index contributed by atoms with van der Waals surface area (Å²) < 4.78 is 10.6. The van der Waals surface area contributed by atoms with Crippen molar-refractivity contribution in [1.82, 2.24) is 0 Å². The van der Waals surface area contributed by atoms with Gasteiger partial charge in [0.2, 0.25) is 0 Å². The van der Waals surface area contributed by atoms with Crippen molar-refractivity contribution in [3.63, 3.8) is 0 Å². The Labute approximate surface area is 128 Å². The van der Waals surface area contributed by atoms with E-state index in [1.165, 1.54) is 12.8 Å². The Morgan fingerprint density at radius 1 is 1.05 bits per heavy atom. The first-order valence-electron chi connectivity index (χ1n) is 8.41. The molecule has 0 aliphatic heterocycles. The van der Waals surface area contributed by atoms with Gasteiger partial charge in [-0.2, -0.15) is 0 Å². The molecule has 1 aliphatic rings. The van der Waals surface area contributed by atoms with Crippen LogP contribution in [0.4, 0.5) is 0 Å². The van der Waals surface area contributed by atoms with E-state index in [0.717, 1.165) is 32.1 Å². The molecule has 2 unspecified atom stereocenters. The minimum Gasteiger partial charge on any atom is -0.465 e. The van der Waals surface area contributed by atoms with Gasteiger partial charge in [-0.15, -0.1) is 0 Å². The van der Waals surface area contributed by atoms with Gasteiger partial charge in [0, 0.05) is 0 Å². The number of carbonyl (C=O) groups is 2. The minimum absolute atomic E-state index is 0.0941. The zero-order chi connectivity index (χ0) is 15.7. The SMILES string of the molecule is CCCCCCOC(=O)C1CCCC(C(=O)OC(C)C)C1. The van der Waals surface area contributed by atoms with Crippen molar-refractivity contribution in [2.45, 2.75) is 78.2 Å². The smallest absolute Gasteiger partial charge is 0.309 e. The summed E-state index contributed by atoms with van der Waals surface area (Å²) in [7, 11) is 0. The first kappa shape index (κ1) is 18.0. The number of esters is 2. The van der Waals surface area contributed by atoms with Crippen LogP contribution in [0.1, 0.15) is 72.1 Å². The summed E-state index contributed by atoms with van der Waals surface area (Å²) in [6.45, 7) is 6.37. The van der Waals surface area contributed by atoms with Gasteiger partial charge in [0.1, 0.15) is 0 Å². The van der Waals surface area contributed by atoms with E-state index in [4.69, 9.17) is 9.47 Å². The zero-order valence-electron chi connectivity index (χ0n) is 13.7. The molecule has 4 heteroatoms. The Hall–Kier alpha value is -1.06. The molecule has 0 amide bonds. The molecule has 0 N–H and O–H groups in total. The molecule has 1 aliphatic carbocycles. The Kier molecular flexibility index (Phi) is 8.40. The largest absolute Gasteiger partial charge is 0.465 e. The molecule has 0 radical (unpaired) electrons. The molecule has 0 saturated heterocycles. The number of carbonyl (C=O) groups excluding carboxylic acids is 2. The van der Waals surface area contributed by atoms with E-state index in [1.54, 1.807) is 0 Å². The van der Waals surface area contributed by atoms with Crippen molar-refractivity contribution in [3.05, 3.63) is 0 Å². The summed E-state index contributed by atoms with van der Waals surface area (Å²) in [4.78, 5) is 24.0. The molecule has 4 nitrogen and oxygen atoms in total. The van der Waals surface area contributed by atoms with Gasteiger partial charge < -0.3 is 9.47 Å². The van der Waals surface area contributed by atoms with Crippen molar-refractivity contribution in [1.29, 1.82) is 0 Å². The van der Waals surface area contributed by atoms with Crippen molar-refractivity contribution in [2.24, 2.45) is 11.8 Å². The maximum atomic E-state index is 12.0. The highest BCUT2D eigenvalue weighted by Crippen LogP contribution is 2.31. The first-order chi connectivity index (χ1) is 10.0. The number of hydrogen-bond donors (Lipinski definition) is 0. The summed E-state index contributed by atoms with van der Waals surface area (Å²) in [6, 6.07) is 0. The average molecular weight is 298 g/mol. The van der Waals surface area contributed by atoms with Crippen LogP contribution in [0.25, 0.3) is 0 Å². The van der Waals surface area contributed by atoms with Gasteiger partial charge in [-0.1, -0.05) is 32.6 Å². The molecular formula is C17H30O4. The van der Waals surface area contributed by atoms with E-state index in [-0.39, 0.29) is 29.9 Å². The fourth-order valence-electron chi connectivity index (χ4n) is 2.77. The molecule has 0 aromatic rings. The average Bonchev–Trinajstić information content (AvgIpc) is 2.46. The topological polar surface area (TPSA) is 52.6 Å². The normalized spacial score (nSPS) is 22.1. The second kappa shape index (κ2) is 9.80. The molecular weight excluding hydrogens is 268 g/mol. The van der Waals surface area contributed by atoms with Crippen LogP contribution in [-0.2, 0) is 19.1 Å². The summed E-state index contributed by atoms with van der Waals surface area (Å²) in [6.07, 6.45) is 7.45. The monoisotopic (exact) mass is 298 g/mol. The highest BCUT2D eigenvalue weighted by Gasteiger charge is 2.33. The molecule has 1 saturated carbocycles. The number of ether oxygens (including phenoxy) is 2.